The van der Waals surface area contributed by atoms with Crippen LogP contribution in [0.15, 0.2) is 12.2 Å². The van der Waals surface area contributed by atoms with Crippen LogP contribution in [-0.2, 0) is 14.3 Å². The first-order chi connectivity index (χ1) is 4.66. The van der Waals surface area contributed by atoms with Gasteiger partial charge in [0.2, 0.25) is 0 Å². The molecule has 0 aromatic rings. The molecule has 0 aromatic heterocycles. The summed E-state index contributed by atoms with van der Waals surface area (Å²) in [5, 5.41) is 8.04. The van der Waals surface area contributed by atoms with Crippen molar-refractivity contribution >= 4 is 63.3 Å². The van der Waals surface area contributed by atoms with E-state index in [0.29, 0.717) is 0 Å². The Labute approximate surface area is 107 Å². The number of ether oxygens (including phenoxy) is 1. The standard InChI is InChI=1S/C6H8O4.K.H/c1-2-10-6(9)4-3-5(7)8;;/h3-4H,2H2,1H3,(H,7,8);;/b4-3+;;. The Morgan fingerprint density at radius 3 is 2.36 bits per heavy atom. The number of carbonyl (C=O) groups excluding carboxylic acids is 1. The van der Waals surface area contributed by atoms with Crippen molar-refractivity contribution in [3.8, 4) is 0 Å². The average molecular weight is 184 g/mol. The molecule has 0 fully saturated rings. The number of hydrogen-bond donors (Lipinski definition) is 1. The third-order valence-electron chi connectivity index (χ3n) is 0.649. The number of aliphatic carboxylic acids is 1. The van der Waals surface area contributed by atoms with E-state index in [1.165, 1.54) is 0 Å². The molecule has 5 heteroatoms. The van der Waals surface area contributed by atoms with Gasteiger partial charge in [0, 0.05) is 12.2 Å². The van der Waals surface area contributed by atoms with Crippen LogP contribution in [-0.4, -0.2) is 75.0 Å². The Morgan fingerprint density at radius 2 is 2.00 bits per heavy atom. The Bertz CT molecular complexity index is 164. The normalized spacial score (nSPS) is 8.82. The van der Waals surface area contributed by atoms with Gasteiger partial charge in [0.15, 0.2) is 0 Å². The van der Waals surface area contributed by atoms with Crippen LogP contribution >= 0.6 is 0 Å². The molecule has 0 amide bonds. The van der Waals surface area contributed by atoms with E-state index < -0.39 is 11.9 Å². The zero-order chi connectivity index (χ0) is 7.98. The van der Waals surface area contributed by atoms with Crippen molar-refractivity contribution in [1.29, 1.82) is 0 Å². The fourth-order valence-corrected chi connectivity index (χ4v) is 0.330. The van der Waals surface area contributed by atoms with Crippen molar-refractivity contribution in [2.24, 2.45) is 0 Å². The molecule has 0 saturated heterocycles. The van der Waals surface area contributed by atoms with Crippen molar-refractivity contribution in [1.82, 2.24) is 0 Å². The van der Waals surface area contributed by atoms with Gasteiger partial charge < -0.3 is 9.84 Å². The average Bonchev–Trinajstić information content (AvgIpc) is 1.85. The van der Waals surface area contributed by atoms with E-state index in [0.717, 1.165) is 12.2 Å². The van der Waals surface area contributed by atoms with Crippen molar-refractivity contribution < 1.29 is 19.4 Å². The number of carbonyl (C=O) groups is 2. The number of rotatable bonds is 3. The molecule has 0 spiro atoms. The van der Waals surface area contributed by atoms with Gasteiger partial charge >= 0.3 is 63.3 Å². The molecule has 0 rings (SSSR count). The van der Waals surface area contributed by atoms with Gasteiger partial charge in [-0.1, -0.05) is 0 Å². The van der Waals surface area contributed by atoms with Crippen LogP contribution in [0.1, 0.15) is 6.92 Å². The van der Waals surface area contributed by atoms with Crippen LogP contribution in [0.4, 0.5) is 0 Å². The molecule has 0 heterocycles. The van der Waals surface area contributed by atoms with Gasteiger partial charge in [-0.05, 0) is 6.92 Å². The number of carboxylic acids is 1. The van der Waals surface area contributed by atoms with Crippen molar-refractivity contribution in [3.05, 3.63) is 12.2 Å². The van der Waals surface area contributed by atoms with Gasteiger partial charge in [0.1, 0.15) is 0 Å². The Balaban J connectivity index is 0. The first kappa shape index (κ1) is 13.9. The summed E-state index contributed by atoms with van der Waals surface area (Å²) >= 11 is 0. The molecule has 0 aliphatic heterocycles. The molecule has 0 radical (unpaired) electrons. The van der Waals surface area contributed by atoms with Crippen LogP contribution in [0.2, 0.25) is 0 Å². The predicted molar refractivity (Wildman–Crippen MR) is 40.6 cm³/mol. The van der Waals surface area contributed by atoms with E-state index in [2.05, 4.69) is 4.74 Å². The van der Waals surface area contributed by atoms with Gasteiger partial charge in [-0.3, -0.25) is 0 Å². The second-order valence-electron chi connectivity index (χ2n) is 1.42. The van der Waals surface area contributed by atoms with E-state index in [1.54, 1.807) is 6.92 Å². The summed E-state index contributed by atoms with van der Waals surface area (Å²) in [5.74, 6) is -1.79. The molecular weight excluding hydrogens is 175 g/mol. The Kier molecular flexibility index (Phi) is 10.6. The number of esters is 1. The predicted octanol–water partition coefficient (Wildman–Crippen LogP) is -0.458. The molecule has 0 unspecified atom stereocenters. The van der Waals surface area contributed by atoms with Crippen LogP contribution in [0, 0.1) is 0 Å². The van der Waals surface area contributed by atoms with E-state index in [-0.39, 0.29) is 58.0 Å². The summed E-state index contributed by atoms with van der Waals surface area (Å²) in [4.78, 5) is 20.2. The summed E-state index contributed by atoms with van der Waals surface area (Å²) in [6.07, 6.45) is 1.60. The molecule has 0 aromatic carbocycles. The summed E-state index contributed by atoms with van der Waals surface area (Å²) in [5.41, 5.74) is 0. The zero-order valence-corrected chi connectivity index (χ0v) is 5.53. The Morgan fingerprint density at radius 1 is 1.45 bits per heavy atom. The van der Waals surface area contributed by atoms with Crippen molar-refractivity contribution in [2.45, 2.75) is 6.92 Å². The van der Waals surface area contributed by atoms with Crippen LogP contribution in [0.25, 0.3) is 0 Å². The number of carboxylic acid groups (broad SMARTS) is 1. The quantitative estimate of drug-likeness (QED) is 0.366. The van der Waals surface area contributed by atoms with Gasteiger partial charge in [-0.25, -0.2) is 9.59 Å². The maximum absolute atomic E-state index is 10.4. The van der Waals surface area contributed by atoms with E-state index in [9.17, 15) is 9.59 Å². The third kappa shape index (κ3) is 10.3. The molecule has 11 heavy (non-hydrogen) atoms. The first-order valence-electron chi connectivity index (χ1n) is 2.74. The maximum atomic E-state index is 10.4. The Hall–Kier alpha value is 0.316. The van der Waals surface area contributed by atoms with Gasteiger partial charge in [0.25, 0.3) is 0 Å². The minimum absolute atomic E-state index is 0. The van der Waals surface area contributed by atoms with Crippen molar-refractivity contribution in [3.63, 3.8) is 0 Å². The monoisotopic (exact) mass is 184 g/mol. The first-order valence-corrected chi connectivity index (χ1v) is 2.74. The minimum atomic E-state index is -1.16. The van der Waals surface area contributed by atoms with Crippen LogP contribution in [0.3, 0.4) is 0 Å². The second kappa shape index (κ2) is 8.41. The third-order valence-corrected chi connectivity index (χ3v) is 0.649. The molecular formula is C6H9KO4. The molecule has 0 saturated carbocycles. The second-order valence-corrected chi connectivity index (χ2v) is 1.42. The summed E-state index contributed by atoms with van der Waals surface area (Å²) < 4.78 is 4.40. The summed E-state index contributed by atoms with van der Waals surface area (Å²) in [6.45, 7) is 1.90. The number of hydrogen-bond acceptors (Lipinski definition) is 3. The SMILES string of the molecule is CCOC(=O)/C=C/C(=O)O.[KH]. The van der Waals surface area contributed by atoms with E-state index in [4.69, 9.17) is 5.11 Å². The summed E-state index contributed by atoms with van der Waals surface area (Å²) in [6, 6.07) is 0. The zero-order valence-electron chi connectivity index (χ0n) is 5.53. The van der Waals surface area contributed by atoms with E-state index >= 15 is 0 Å². The molecule has 1 N–H and O–H groups in total. The van der Waals surface area contributed by atoms with Gasteiger partial charge in [-0.2, -0.15) is 0 Å². The molecule has 4 nitrogen and oxygen atoms in total. The fraction of sp³-hybridized carbons (Fsp3) is 0.333. The van der Waals surface area contributed by atoms with Crippen molar-refractivity contribution in [2.75, 3.05) is 6.61 Å². The fourth-order valence-electron chi connectivity index (χ4n) is 0.330. The molecule has 0 aliphatic carbocycles. The van der Waals surface area contributed by atoms with Crippen LogP contribution < -0.4 is 0 Å². The molecule has 0 bridgehead atoms. The van der Waals surface area contributed by atoms with Gasteiger partial charge in [-0.15, -0.1) is 0 Å². The van der Waals surface area contributed by atoms with Gasteiger partial charge in [0.05, 0.1) is 6.61 Å². The molecule has 58 valence electrons. The molecule has 0 aliphatic rings. The topological polar surface area (TPSA) is 63.6 Å². The van der Waals surface area contributed by atoms with Crippen LogP contribution in [0.5, 0.6) is 0 Å². The summed E-state index contributed by atoms with van der Waals surface area (Å²) in [7, 11) is 0. The molecule has 0 atom stereocenters. The van der Waals surface area contributed by atoms with E-state index in [1.807, 2.05) is 0 Å².